The first kappa shape index (κ1) is 18.9. The summed E-state index contributed by atoms with van der Waals surface area (Å²) in [5.74, 6) is 0.568. The predicted octanol–water partition coefficient (Wildman–Crippen LogP) is 2.78. The van der Waals surface area contributed by atoms with Gasteiger partial charge in [-0.1, -0.05) is 23.9 Å². The van der Waals surface area contributed by atoms with Crippen LogP contribution < -0.4 is 10.1 Å². The Morgan fingerprint density at radius 3 is 2.89 bits per heavy atom. The van der Waals surface area contributed by atoms with Gasteiger partial charge in [0.15, 0.2) is 0 Å². The first-order valence-electron chi connectivity index (χ1n) is 7.95. The number of hydrogen-bond acceptors (Lipinski definition) is 8. The van der Waals surface area contributed by atoms with E-state index < -0.39 is 5.25 Å². The number of tetrazole rings is 1. The number of carbonyl (C=O) groups is 1. The highest BCUT2D eigenvalue weighted by Crippen LogP contribution is 2.26. The molecule has 0 unspecified atom stereocenters. The molecule has 0 spiro atoms. The van der Waals surface area contributed by atoms with Gasteiger partial charge in [-0.15, -0.1) is 16.4 Å². The molecule has 0 aliphatic rings. The van der Waals surface area contributed by atoms with Crippen LogP contribution in [0.4, 0.5) is 5.00 Å². The van der Waals surface area contributed by atoms with E-state index in [1.165, 1.54) is 23.1 Å². The summed E-state index contributed by atoms with van der Waals surface area (Å²) < 4.78 is 6.79. The summed E-state index contributed by atoms with van der Waals surface area (Å²) in [7, 11) is 1.62. The molecule has 10 heteroatoms. The number of anilines is 1. The molecule has 1 N–H and O–H groups in total. The largest absolute Gasteiger partial charge is 0.497 e. The van der Waals surface area contributed by atoms with Gasteiger partial charge in [-0.3, -0.25) is 4.79 Å². The van der Waals surface area contributed by atoms with Crippen molar-refractivity contribution in [3.8, 4) is 11.8 Å². The van der Waals surface area contributed by atoms with E-state index in [0.717, 1.165) is 11.3 Å². The van der Waals surface area contributed by atoms with Crippen molar-refractivity contribution in [2.75, 3.05) is 12.4 Å². The molecular formula is C17H16N6O2S2. The average Bonchev–Trinajstić information content (AvgIpc) is 3.31. The summed E-state index contributed by atoms with van der Waals surface area (Å²) >= 11 is 2.58. The number of aromatic nitrogens is 4. The Balaban J connectivity index is 1.64. The van der Waals surface area contributed by atoms with Gasteiger partial charge in [-0.05, 0) is 46.5 Å². The SMILES string of the molecule is COc1ccc(Cn2nnnc2S[C@@H](C)C(=O)Nc2sccc2C#N)cc1. The van der Waals surface area contributed by atoms with E-state index in [2.05, 4.69) is 26.9 Å². The lowest BCUT2D eigenvalue weighted by atomic mass is 10.2. The van der Waals surface area contributed by atoms with Gasteiger partial charge in [-0.25, -0.2) is 4.68 Å². The molecule has 0 saturated heterocycles. The Hall–Kier alpha value is -2.90. The zero-order valence-electron chi connectivity index (χ0n) is 14.6. The minimum atomic E-state index is -0.431. The van der Waals surface area contributed by atoms with Crippen LogP contribution in [0.2, 0.25) is 0 Å². The minimum Gasteiger partial charge on any atom is -0.497 e. The highest BCUT2D eigenvalue weighted by Gasteiger charge is 2.20. The molecule has 0 fully saturated rings. The third kappa shape index (κ3) is 4.64. The van der Waals surface area contributed by atoms with Crippen LogP contribution in [0.15, 0.2) is 40.9 Å². The predicted molar refractivity (Wildman–Crippen MR) is 103 cm³/mol. The van der Waals surface area contributed by atoms with Crippen molar-refractivity contribution in [1.29, 1.82) is 5.26 Å². The van der Waals surface area contributed by atoms with Crippen LogP contribution in [-0.4, -0.2) is 38.5 Å². The van der Waals surface area contributed by atoms with Gasteiger partial charge in [0, 0.05) is 0 Å². The molecule has 2 heterocycles. The number of ether oxygens (including phenoxy) is 1. The number of thiophene rings is 1. The van der Waals surface area contributed by atoms with Crippen molar-refractivity contribution in [2.24, 2.45) is 0 Å². The Kier molecular flexibility index (Phi) is 6.05. The molecule has 27 heavy (non-hydrogen) atoms. The van der Waals surface area contributed by atoms with Crippen molar-refractivity contribution in [3.63, 3.8) is 0 Å². The smallest absolute Gasteiger partial charge is 0.238 e. The van der Waals surface area contributed by atoms with Crippen LogP contribution in [0.1, 0.15) is 18.1 Å². The number of methoxy groups -OCH3 is 1. The van der Waals surface area contributed by atoms with Gasteiger partial charge in [0.2, 0.25) is 11.1 Å². The number of nitrogens with one attached hydrogen (secondary N) is 1. The monoisotopic (exact) mass is 400 g/mol. The summed E-state index contributed by atoms with van der Waals surface area (Å²) in [5.41, 5.74) is 1.47. The topological polar surface area (TPSA) is 106 Å². The molecular weight excluding hydrogens is 384 g/mol. The summed E-state index contributed by atoms with van der Waals surface area (Å²) in [5, 5.41) is 26.0. The molecule has 1 atom stereocenters. The quantitative estimate of drug-likeness (QED) is 0.608. The second kappa shape index (κ2) is 8.66. The van der Waals surface area contributed by atoms with Gasteiger partial charge in [0.05, 0.1) is 24.5 Å². The lowest BCUT2D eigenvalue weighted by Crippen LogP contribution is -2.23. The number of amides is 1. The van der Waals surface area contributed by atoms with E-state index in [0.29, 0.717) is 22.3 Å². The van der Waals surface area contributed by atoms with Crippen molar-refractivity contribution in [1.82, 2.24) is 20.2 Å². The van der Waals surface area contributed by atoms with E-state index in [4.69, 9.17) is 10.00 Å². The molecule has 8 nitrogen and oxygen atoms in total. The highest BCUT2D eigenvalue weighted by atomic mass is 32.2. The molecule has 1 amide bonds. The molecule has 3 rings (SSSR count). The minimum absolute atomic E-state index is 0.210. The van der Waals surface area contributed by atoms with Crippen LogP contribution in [0.3, 0.4) is 0 Å². The maximum Gasteiger partial charge on any atom is 0.238 e. The second-order valence-corrected chi connectivity index (χ2v) is 7.72. The van der Waals surface area contributed by atoms with Crippen molar-refractivity contribution < 1.29 is 9.53 Å². The molecule has 0 bridgehead atoms. The molecule has 0 aliphatic heterocycles. The van der Waals surface area contributed by atoms with Gasteiger partial charge < -0.3 is 10.1 Å². The Labute approximate surface area is 164 Å². The lowest BCUT2D eigenvalue weighted by molar-refractivity contribution is -0.115. The number of benzene rings is 1. The summed E-state index contributed by atoms with van der Waals surface area (Å²) in [6.07, 6.45) is 0. The van der Waals surface area contributed by atoms with E-state index in [1.54, 1.807) is 30.2 Å². The first-order chi connectivity index (χ1) is 13.1. The Bertz CT molecular complexity index is 960. The molecule has 0 radical (unpaired) electrons. The number of thioether (sulfide) groups is 1. The van der Waals surface area contributed by atoms with Gasteiger partial charge >= 0.3 is 0 Å². The first-order valence-corrected chi connectivity index (χ1v) is 9.71. The van der Waals surface area contributed by atoms with E-state index in [-0.39, 0.29) is 5.91 Å². The standard InChI is InChI=1S/C17H16N6O2S2/c1-11(15(24)19-16-13(9-18)7-8-26-16)27-17-20-21-22-23(17)10-12-3-5-14(25-2)6-4-12/h3-8,11H,10H2,1-2H3,(H,19,24)/t11-/m0/s1. The summed E-state index contributed by atoms with van der Waals surface area (Å²) in [6, 6.07) is 11.3. The molecule has 0 saturated carbocycles. The van der Waals surface area contributed by atoms with E-state index in [9.17, 15) is 4.79 Å². The van der Waals surface area contributed by atoms with Crippen LogP contribution in [-0.2, 0) is 11.3 Å². The van der Waals surface area contributed by atoms with E-state index in [1.807, 2.05) is 24.3 Å². The summed E-state index contributed by atoms with van der Waals surface area (Å²) in [6.45, 7) is 2.25. The van der Waals surface area contributed by atoms with Crippen LogP contribution in [0.25, 0.3) is 0 Å². The van der Waals surface area contributed by atoms with Crippen molar-refractivity contribution in [3.05, 3.63) is 46.8 Å². The number of nitriles is 1. The van der Waals surface area contributed by atoms with Crippen LogP contribution in [0.5, 0.6) is 5.75 Å². The van der Waals surface area contributed by atoms with Crippen LogP contribution >= 0.6 is 23.1 Å². The molecule has 2 aromatic heterocycles. The summed E-state index contributed by atoms with van der Waals surface area (Å²) in [4.78, 5) is 12.4. The van der Waals surface area contributed by atoms with Gasteiger partial charge in [-0.2, -0.15) is 5.26 Å². The van der Waals surface area contributed by atoms with Gasteiger partial charge in [0.25, 0.3) is 0 Å². The van der Waals surface area contributed by atoms with Crippen molar-refractivity contribution in [2.45, 2.75) is 23.9 Å². The number of rotatable bonds is 7. The molecule has 0 aliphatic carbocycles. The third-order valence-corrected chi connectivity index (χ3v) is 5.56. The van der Waals surface area contributed by atoms with Gasteiger partial charge in [0.1, 0.15) is 16.8 Å². The number of hydrogen-bond donors (Lipinski definition) is 1. The highest BCUT2D eigenvalue weighted by molar-refractivity contribution is 8.00. The lowest BCUT2D eigenvalue weighted by Gasteiger charge is -2.11. The van der Waals surface area contributed by atoms with Crippen LogP contribution in [0, 0.1) is 11.3 Å². The molecule has 138 valence electrons. The fourth-order valence-electron chi connectivity index (χ4n) is 2.20. The normalized spacial score (nSPS) is 11.6. The molecule has 1 aromatic carbocycles. The maximum atomic E-state index is 12.4. The zero-order chi connectivity index (χ0) is 19.2. The Morgan fingerprint density at radius 2 is 2.19 bits per heavy atom. The maximum absolute atomic E-state index is 12.4. The second-order valence-electron chi connectivity index (χ2n) is 5.49. The zero-order valence-corrected chi connectivity index (χ0v) is 16.3. The average molecular weight is 400 g/mol. The number of nitrogens with zero attached hydrogens (tertiary/aromatic N) is 5. The van der Waals surface area contributed by atoms with Crippen molar-refractivity contribution >= 4 is 34.0 Å². The fraction of sp³-hybridized carbons (Fsp3) is 0.235. The molecule has 3 aromatic rings. The fourth-order valence-corrected chi connectivity index (χ4v) is 3.73. The third-order valence-electron chi connectivity index (χ3n) is 3.66. The Morgan fingerprint density at radius 1 is 1.41 bits per heavy atom. The number of carbonyl (C=O) groups excluding carboxylic acids is 1. The van der Waals surface area contributed by atoms with E-state index >= 15 is 0 Å².